The predicted octanol–water partition coefficient (Wildman–Crippen LogP) is 2.65. The summed E-state index contributed by atoms with van der Waals surface area (Å²) >= 11 is 0. The molecular weight excluding hydrogens is 298 g/mol. The molecular formula is C16H15N3O2S. The van der Waals surface area contributed by atoms with Crippen LogP contribution in [-0.2, 0) is 9.84 Å². The summed E-state index contributed by atoms with van der Waals surface area (Å²) in [4.78, 5) is 4.74. The van der Waals surface area contributed by atoms with Crippen molar-refractivity contribution in [2.24, 2.45) is 0 Å². The first kappa shape index (κ1) is 14.5. The van der Waals surface area contributed by atoms with Gasteiger partial charge in [-0.2, -0.15) is 5.10 Å². The summed E-state index contributed by atoms with van der Waals surface area (Å²) in [7, 11) is -3.20. The molecule has 0 radical (unpaired) electrons. The van der Waals surface area contributed by atoms with Crippen LogP contribution in [0.3, 0.4) is 0 Å². The average Bonchev–Trinajstić information content (AvgIpc) is 2.89. The summed E-state index contributed by atoms with van der Waals surface area (Å²) in [6.07, 6.45) is 1.19. The third-order valence-electron chi connectivity index (χ3n) is 3.25. The van der Waals surface area contributed by atoms with Crippen molar-refractivity contribution in [3.8, 4) is 17.1 Å². The maximum Gasteiger partial charge on any atom is 0.175 e. The Morgan fingerprint density at radius 2 is 1.59 bits per heavy atom. The van der Waals surface area contributed by atoms with Gasteiger partial charge in [-0.05, 0) is 43.3 Å². The molecule has 0 saturated carbocycles. The van der Waals surface area contributed by atoms with Gasteiger partial charge in [0.2, 0.25) is 0 Å². The van der Waals surface area contributed by atoms with Gasteiger partial charge >= 0.3 is 0 Å². The van der Waals surface area contributed by atoms with Gasteiger partial charge in [0, 0.05) is 11.8 Å². The van der Waals surface area contributed by atoms with E-state index in [0.717, 1.165) is 11.3 Å². The molecule has 0 aliphatic heterocycles. The van der Waals surface area contributed by atoms with Gasteiger partial charge in [-0.3, -0.25) is 0 Å². The molecule has 0 aliphatic carbocycles. The lowest BCUT2D eigenvalue weighted by molar-refractivity contribution is 0.602. The topological polar surface area (TPSA) is 64.8 Å². The van der Waals surface area contributed by atoms with Crippen LogP contribution in [0.5, 0.6) is 0 Å². The van der Waals surface area contributed by atoms with Crippen molar-refractivity contribution < 1.29 is 8.42 Å². The van der Waals surface area contributed by atoms with Gasteiger partial charge in [0.05, 0.1) is 10.6 Å². The maximum absolute atomic E-state index is 11.5. The van der Waals surface area contributed by atoms with Crippen LogP contribution in [0.15, 0.2) is 59.5 Å². The van der Waals surface area contributed by atoms with E-state index in [1.54, 1.807) is 28.9 Å². The molecule has 112 valence electrons. The van der Waals surface area contributed by atoms with Crippen molar-refractivity contribution in [1.82, 2.24) is 14.8 Å². The van der Waals surface area contributed by atoms with Crippen molar-refractivity contribution in [2.45, 2.75) is 11.8 Å². The summed E-state index contributed by atoms with van der Waals surface area (Å²) in [6, 6.07) is 16.4. The van der Waals surface area contributed by atoms with E-state index >= 15 is 0 Å². The van der Waals surface area contributed by atoms with Crippen LogP contribution in [0.25, 0.3) is 17.1 Å². The molecule has 0 unspecified atom stereocenters. The van der Waals surface area contributed by atoms with E-state index in [-0.39, 0.29) is 0 Å². The number of sulfone groups is 1. The Kier molecular flexibility index (Phi) is 3.54. The smallest absolute Gasteiger partial charge is 0.175 e. The van der Waals surface area contributed by atoms with Gasteiger partial charge in [0.25, 0.3) is 0 Å². The van der Waals surface area contributed by atoms with Gasteiger partial charge in [-0.1, -0.05) is 18.2 Å². The minimum Gasteiger partial charge on any atom is -0.224 e. The van der Waals surface area contributed by atoms with Crippen LogP contribution >= 0.6 is 0 Å². The van der Waals surface area contributed by atoms with Crippen LogP contribution in [-0.4, -0.2) is 29.4 Å². The molecule has 0 amide bonds. The van der Waals surface area contributed by atoms with Crippen molar-refractivity contribution in [2.75, 3.05) is 6.26 Å². The first-order valence-electron chi connectivity index (χ1n) is 6.75. The highest BCUT2D eigenvalue weighted by atomic mass is 32.2. The van der Waals surface area contributed by atoms with Crippen molar-refractivity contribution in [3.63, 3.8) is 0 Å². The first-order valence-corrected chi connectivity index (χ1v) is 8.64. The number of hydrogen-bond donors (Lipinski definition) is 0. The molecule has 0 bridgehead atoms. The van der Waals surface area contributed by atoms with Crippen LogP contribution in [0, 0.1) is 6.92 Å². The second kappa shape index (κ2) is 5.38. The Morgan fingerprint density at radius 1 is 0.955 bits per heavy atom. The number of rotatable bonds is 3. The number of nitrogens with zero attached hydrogens (tertiary/aromatic N) is 3. The Bertz CT molecular complexity index is 898. The Hall–Kier alpha value is -2.47. The first-order chi connectivity index (χ1) is 10.4. The molecule has 3 rings (SSSR count). The van der Waals surface area contributed by atoms with Gasteiger partial charge in [0.1, 0.15) is 5.82 Å². The van der Waals surface area contributed by atoms with Crippen molar-refractivity contribution in [1.29, 1.82) is 0 Å². The van der Waals surface area contributed by atoms with Crippen molar-refractivity contribution in [3.05, 3.63) is 60.4 Å². The summed E-state index contributed by atoms with van der Waals surface area (Å²) in [6.45, 7) is 1.83. The van der Waals surface area contributed by atoms with Crippen LogP contribution in [0.1, 0.15) is 5.82 Å². The predicted molar refractivity (Wildman–Crippen MR) is 84.6 cm³/mol. The molecule has 0 fully saturated rings. The summed E-state index contributed by atoms with van der Waals surface area (Å²) in [5.41, 5.74) is 1.72. The molecule has 0 atom stereocenters. The third-order valence-corrected chi connectivity index (χ3v) is 4.38. The zero-order valence-electron chi connectivity index (χ0n) is 12.3. The SMILES string of the molecule is Cc1nc(-c2ccc(S(C)(=O)=O)cc2)n(-c2ccccc2)n1. The van der Waals surface area contributed by atoms with E-state index in [1.807, 2.05) is 37.3 Å². The molecule has 6 heteroatoms. The second-order valence-corrected chi connectivity index (χ2v) is 7.04. The highest BCUT2D eigenvalue weighted by Gasteiger charge is 2.13. The average molecular weight is 313 g/mol. The largest absolute Gasteiger partial charge is 0.224 e. The third kappa shape index (κ3) is 2.78. The monoisotopic (exact) mass is 313 g/mol. The van der Waals surface area contributed by atoms with Crippen LogP contribution in [0.4, 0.5) is 0 Å². The minimum atomic E-state index is -3.20. The fourth-order valence-electron chi connectivity index (χ4n) is 2.20. The van der Waals surface area contributed by atoms with Gasteiger partial charge in [-0.15, -0.1) is 0 Å². The standard InChI is InChI=1S/C16H15N3O2S/c1-12-17-16(19(18-12)14-6-4-3-5-7-14)13-8-10-15(11-9-13)22(2,20)21/h3-11H,1-2H3. The van der Waals surface area contributed by atoms with E-state index in [9.17, 15) is 8.42 Å². The van der Waals surface area contributed by atoms with Gasteiger partial charge in [-0.25, -0.2) is 18.1 Å². The summed E-state index contributed by atoms with van der Waals surface area (Å²) < 4.78 is 24.8. The quantitative estimate of drug-likeness (QED) is 0.745. The summed E-state index contributed by atoms with van der Waals surface area (Å²) in [5, 5.41) is 4.42. The van der Waals surface area contributed by atoms with Crippen LogP contribution < -0.4 is 0 Å². The Labute approximate surface area is 129 Å². The number of para-hydroxylation sites is 1. The number of benzene rings is 2. The Morgan fingerprint density at radius 3 is 2.18 bits per heavy atom. The zero-order chi connectivity index (χ0) is 15.7. The van der Waals surface area contributed by atoms with Gasteiger partial charge in [0.15, 0.2) is 15.7 Å². The molecule has 0 aliphatic rings. The van der Waals surface area contributed by atoms with E-state index in [4.69, 9.17) is 0 Å². The molecule has 1 aromatic heterocycles. The lowest BCUT2D eigenvalue weighted by Gasteiger charge is -2.06. The van der Waals surface area contributed by atoms with Crippen molar-refractivity contribution >= 4 is 9.84 Å². The number of aryl methyl sites for hydroxylation is 1. The Balaban J connectivity index is 2.10. The summed E-state index contributed by atoms with van der Waals surface area (Å²) in [5.74, 6) is 1.34. The lowest BCUT2D eigenvalue weighted by Crippen LogP contribution is -2.00. The zero-order valence-corrected chi connectivity index (χ0v) is 13.1. The maximum atomic E-state index is 11.5. The highest BCUT2D eigenvalue weighted by molar-refractivity contribution is 7.90. The minimum absolute atomic E-state index is 0.291. The fraction of sp³-hybridized carbons (Fsp3) is 0.125. The molecule has 3 aromatic rings. The second-order valence-electron chi connectivity index (χ2n) is 5.03. The van der Waals surface area contributed by atoms with E-state index < -0.39 is 9.84 Å². The van der Waals surface area contributed by atoms with E-state index in [1.165, 1.54) is 6.26 Å². The molecule has 0 N–H and O–H groups in total. The number of aromatic nitrogens is 3. The fourth-order valence-corrected chi connectivity index (χ4v) is 2.83. The normalized spacial score (nSPS) is 11.5. The molecule has 2 aromatic carbocycles. The van der Waals surface area contributed by atoms with E-state index in [0.29, 0.717) is 16.5 Å². The molecule has 22 heavy (non-hydrogen) atoms. The lowest BCUT2D eigenvalue weighted by atomic mass is 10.2. The number of hydrogen-bond acceptors (Lipinski definition) is 4. The molecule has 0 spiro atoms. The molecule has 0 saturated heterocycles. The van der Waals surface area contributed by atoms with E-state index in [2.05, 4.69) is 10.1 Å². The molecule has 1 heterocycles. The van der Waals surface area contributed by atoms with Crippen LogP contribution in [0.2, 0.25) is 0 Å². The van der Waals surface area contributed by atoms with Gasteiger partial charge < -0.3 is 0 Å². The highest BCUT2D eigenvalue weighted by Crippen LogP contribution is 2.22. The molecule has 5 nitrogen and oxygen atoms in total.